The van der Waals surface area contributed by atoms with Crippen molar-refractivity contribution in [3.05, 3.63) is 64.6 Å². The Morgan fingerprint density at radius 3 is 2.59 bits per heavy atom. The van der Waals surface area contributed by atoms with Crippen LogP contribution in [-0.2, 0) is 11.3 Å². The maximum Gasteiger partial charge on any atom is 0.230 e. The molecule has 1 aromatic heterocycles. The number of nitrogens with one attached hydrogen (secondary N) is 1. The number of carbonyl (C=O) groups is 1. The summed E-state index contributed by atoms with van der Waals surface area (Å²) in [7, 11) is 0. The van der Waals surface area contributed by atoms with Crippen LogP contribution in [0.4, 0.5) is 0 Å². The van der Waals surface area contributed by atoms with E-state index in [0.29, 0.717) is 18.8 Å². The number of hydrogen-bond donors (Lipinski definition) is 1. The summed E-state index contributed by atoms with van der Waals surface area (Å²) in [4.78, 5) is 12.0. The summed E-state index contributed by atoms with van der Waals surface area (Å²) < 4.78 is 3.02. The predicted molar refractivity (Wildman–Crippen MR) is 113 cm³/mol. The van der Waals surface area contributed by atoms with E-state index in [9.17, 15) is 4.79 Å². The second kappa shape index (κ2) is 9.71. The molecule has 5 nitrogen and oxygen atoms in total. The molecule has 0 unspecified atom stereocenters. The molecule has 140 valence electrons. The summed E-state index contributed by atoms with van der Waals surface area (Å²) >= 11 is 5.01. The quantitative estimate of drug-likeness (QED) is 0.523. The monoisotopic (exact) mass is 444 g/mol. The van der Waals surface area contributed by atoms with Gasteiger partial charge >= 0.3 is 0 Å². The summed E-state index contributed by atoms with van der Waals surface area (Å²) in [5.41, 5.74) is 2.13. The molecule has 0 aliphatic rings. The zero-order chi connectivity index (χ0) is 19.1. The molecule has 0 atom stereocenters. The standard InChI is InChI=1S/C20H21BrN4OS/c1-2-12-22-18(26)14-27-20-24-23-19(16-10-6-7-11-17(16)21)25(20)13-15-8-4-3-5-9-15/h3-11H,2,12-14H2,1H3,(H,22,26). The number of halogens is 1. The van der Waals surface area contributed by atoms with Crippen LogP contribution in [0.25, 0.3) is 11.4 Å². The van der Waals surface area contributed by atoms with Crippen molar-refractivity contribution in [3.63, 3.8) is 0 Å². The van der Waals surface area contributed by atoms with E-state index in [-0.39, 0.29) is 5.91 Å². The molecule has 1 heterocycles. The van der Waals surface area contributed by atoms with Gasteiger partial charge in [-0.2, -0.15) is 0 Å². The summed E-state index contributed by atoms with van der Waals surface area (Å²) in [5, 5.41) is 12.4. The predicted octanol–water partition coefficient (Wildman–Crippen LogP) is 4.37. The van der Waals surface area contributed by atoms with Crippen LogP contribution >= 0.6 is 27.7 Å². The first-order chi connectivity index (χ1) is 13.2. The minimum Gasteiger partial charge on any atom is -0.355 e. The molecule has 0 saturated heterocycles. The molecule has 2 aromatic carbocycles. The van der Waals surface area contributed by atoms with E-state index in [4.69, 9.17) is 0 Å². The number of amides is 1. The van der Waals surface area contributed by atoms with E-state index < -0.39 is 0 Å². The average molecular weight is 445 g/mol. The smallest absolute Gasteiger partial charge is 0.230 e. The lowest BCUT2D eigenvalue weighted by molar-refractivity contribution is -0.118. The van der Waals surface area contributed by atoms with Gasteiger partial charge < -0.3 is 5.32 Å². The largest absolute Gasteiger partial charge is 0.355 e. The van der Waals surface area contributed by atoms with E-state index in [1.807, 2.05) is 49.4 Å². The first-order valence-electron chi connectivity index (χ1n) is 8.80. The fourth-order valence-corrected chi connectivity index (χ4v) is 3.82. The minimum absolute atomic E-state index is 0.0125. The van der Waals surface area contributed by atoms with E-state index in [0.717, 1.165) is 33.0 Å². The topological polar surface area (TPSA) is 59.8 Å². The van der Waals surface area contributed by atoms with Crippen molar-refractivity contribution >= 4 is 33.6 Å². The Kier molecular flexibility index (Phi) is 7.06. The van der Waals surface area contributed by atoms with Crippen molar-refractivity contribution in [2.75, 3.05) is 12.3 Å². The van der Waals surface area contributed by atoms with Gasteiger partial charge in [0.2, 0.25) is 5.91 Å². The van der Waals surface area contributed by atoms with E-state index >= 15 is 0 Å². The SMILES string of the molecule is CCCNC(=O)CSc1nnc(-c2ccccc2Br)n1Cc1ccccc1. The third-order valence-corrected chi connectivity index (χ3v) is 5.58. The molecular weight excluding hydrogens is 424 g/mol. The molecule has 0 bridgehead atoms. The van der Waals surface area contributed by atoms with Crippen molar-refractivity contribution in [2.45, 2.75) is 25.0 Å². The highest BCUT2D eigenvalue weighted by molar-refractivity contribution is 9.10. The highest BCUT2D eigenvalue weighted by Gasteiger charge is 2.17. The van der Waals surface area contributed by atoms with Crippen LogP contribution in [0.2, 0.25) is 0 Å². The Morgan fingerprint density at radius 2 is 1.85 bits per heavy atom. The van der Waals surface area contributed by atoms with Crippen LogP contribution in [0.15, 0.2) is 64.2 Å². The van der Waals surface area contributed by atoms with Crippen molar-refractivity contribution in [1.29, 1.82) is 0 Å². The van der Waals surface area contributed by atoms with Gasteiger partial charge in [-0.05, 0) is 18.1 Å². The molecule has 0 radical (unpaired) electrons. The Bertz CT molecular complexity index is 898. The normalized spacial score (nSPS) is 10.7. The van der Waals surface area contributed by atoms with Gasteiger partial charge in [0.05, 0.1) is 12.3 Å². The lowest BCUT2D eigenvalue weighted by atomic mass is 10.2. The molecule has 3 aromatic rings. The van der Waals surface area contributed by atoms with E-state index in [1.54, 1.807) is 0 Å². The van der Waals surface area contributed by atoms with Gasteiger partial charge in [0.1, 0.15) is 0 Å². The molecule has 0 spiro atoms. The summed E-state index contributed by atoms with van der Waals surface area (Å²) in [6.07, 6.45) is 0.923. The lowest BCUT2D eigenvalue weighted by Crippen LogP contribution is -2.25. The minimum atomic E-state index is 0.0125. The Morgan fingerprint density at radius 1 is 1.11 bits per heavy atom. The van der Waals surface area contributed by atoms with Gasteiger partial charge in [0, 0.05) is 16.6 Å². The van der Waals surface area contributed by atoms with Crippen molar-refractivity contribution in [3.8, 4) is 11.4 Å². The average Bonchev–Trinajstić information content (AvgIpc) is 3.08. The molecule has 27 heavy (non-hydrogen) atoms. The van der Waals surface area contributed by atoms with Gasteiger partial charge in [0.25, 0.3) is 0 Å². The van der Waals surface area contributed by atoms with Gasteiger partial charge in [-0.15, -0.1) is 10.2 Å². The molecule has 1 N–H and O–H groups in total. The second-order valence-corrected chi connectivity index (χ2v) is 7.79. The number of carbonyl (C=O) groups excluding carboxylic acids is 1. The lowest BCUT2D eigenvalue weighted by Gasteiger charge is -2.11. The molecule has 0 saturated carbocycles. The second-order valence-electron chi connectivity index (χ2n) is 6.00. The van der Waals surface area contributed by atoms with Gasteiger partial charge in [0.15, 0.2) is 11.0 Å². The maximum atomic E-state index is 12.0. The van der Waals surface area contributed by atoms with Gasteiger partial charge in [-0.1, -0.05) is 83.1 Å². The van der Waals surface area contributed by atoms with Crippen molar-refractivity contribution in [2.24, 2.45) is 0 Å². The number of thioether (sulfide) groups is 1. The van der Waals surface area contributed by atoms with Crippen LogP contribution < -0.4 is 5.32 Å². The zero-order valence-electron chi connectivity index (χ0n) is 15.1. The van der Waals surface area contributed by atoms with Gasteiger partial charge in [-0.3, -0.25) is 9.36 Å². The van der Waals surface area contributed by atoms with E-state index in [2.05, 4.69) is 48.1 Å². The van der Waals surface area contributed by atoms with Crippen LogP contribution in [0, 0.1) is 0 Å². The van der Waals surface area contributed by atoms with Crippen LogP contribution in [0.5, 0.6) is 0 Å². The molecular formula is C20H21BrN4OS. The van der Waals surface area contributed by atoms with Crippen molar-refractivity contribution < 1.29 is 4.79 Å². The molecule has 7 heteroatoms. The van der Waals surface area contributed by atoms with Crippen LogP contribution in [0.3, 0.4) is 0 Å². The number of aromatic nitrogens is 3. The van der Waals surface area contributed by atoms with E-state index in [1.165, 1.54) is 11.8 Å². The number of rotatable bonds is 8. The first-order valence-corrected chi connectivity index (χ1v) is 10.6. The third kappa shape index (κ3) is 5.20. The summed E-state index contributed by atoms with van der Waals surface area (Å²) in [5.74, 6) is 1.12. The van der Waals surface area contributed by atoms with Crippen LogP contribution in [0.1, 0.15) is 18.9 Å². The Labute approximate surface area is 171 Å². The summed E-state index contributed by atoms with van der Waals surface area (Å²) in [6.45, 7) is 3.37. The molecule has 0 fully saturated rings. The summed E-state index contributed by atoms with van der Waals surface area (Å²) in [6, 6.07) is 18.1. The molecule has 1 amide bonds. The molecule has 0 aliphatic carbocycles. The number of hydrogen-bond acceptors (Lipinski definition) is 4. The third-order valence-electron chi connectivity index (χ3n) is 3.92. The fourth-order valence-electron chi connectivity index (χ4n) is 2.59. The highest BCUT2D eigenvalue weighted by atomic mass is 79.9. The molecule has 0 aliphatic heterocycles. The Balaban J connectivity index is 1.89. The van der Waals surface area contributed by atoms with Crippen LogP contribution in [-0.4, -0.2) is 33.0 Å². The number of benzene rings is 2. The Hall–Kier alpha value is -2.12. The zero-order valence-corrected chi connectivity index (χ0v) is 17.5. The maximum absolute atomic E-state index is 12.0. The highest BCUT2D eigenvalue weighted by Crippen LogP contribution is 2.30. The van der Waals surface area contributed by atoms with Crippen molar-refractivity contribution in [1.82, 2.24) is 20.1 Å². The first kappa shape index (κ1) is 19.6. The van der Waals surface area contributed by atoms with Gasteiger partial charge in [-0.25, -0.2) is 0 Å². The molecule has 3 rings (SSSR count). The number of nitrogens with zero attached hydrogens (tertiary/aromatic N) is 3. The fraction of sp³-hybridized carbons (Fsp3) is 0.250.